The number of rotatable bonds is 7. The molecular weight excluding hydrogens is 310 g/mol. The van der Waals surface area contributed by atoms with Gasteiger partial charge in [0.1, 0.15) is 0 Å². The Bertz CT molecular complexity index is 630. The van der Waals surface area contributed by atoms with E-state index in [2.05, 4.69) is 29.0 Å². The van der Waals surface area contributed by atoms with Gasteiger partial charge in [-0.1, -0.05) is 11.6 Å². The Morgan fingerprint density at radius 2 is 2.14 bits per heavy atom. The van der Waals surface area contributed by atoms with Gasteiger partial charge in [0.25, 0.3) is 5.69 Å². The van der Waals surface area contributed by atoms with Crippen LogP contribution >= 0.6 is 22.9 Å². The van der Waals surface area contributed by atoms with Gasteiger partial charge in [-0.25, -0.2) is 0 Å². The number of nitro groups is 1. The van der Waals surface area contributed by atoms with Gasteiger partial charge in [0.2, 0.25) is 0 Å². The molecule has 0 atom stereocenters. The summed E-state index contributed by atoms with van der Waals surface area (Å²) in [6, 6.07) is 6.53. The fourth-order valence-corrected chi connectivity index (χ4v) is 2.95. The fourth-order valence-electron chi connectivity index (χ4n) is 1.83. The Hall–Kier alpha value is -1.63. The van der Waals surface area contributed by atoms with Crippen molar-refractivity contribution in [2.24, 2.45) is 0 Å². The van der Waals surface area contributed by atoms with Gasteiger partial charge in [-0.15, -0.1) is 11.3 Å². The Balaban J connectivity index is 1.76. The lowest BCUT2D eigenvalue weighted by atomic mass is 10.3. The number of thiophene rings is 1. The molecular formula is C14H16ClN3O2S. The molecule has 0 aliphatic rings. The monoisotopic (exact) mass is 325 g/mol. The molecule has 0 aliphatic carbocycles. The van der Waals surface area contributed by atoms with E-state index in [1.165, 1.54) is 22.6 Å². The normalized spacial score (nSPS) is 10.6. The zero-order chi connectivity index (χ0) is 15.2. The number of nitrogens with one attached hydrogen (secondary N) is 2. The summed E-state index contributed by atoms with van der Waals surface area (Å²) in [4.78, 5) is 11.5. The number of halogens is 1. The molecule has 112 valence electrons. The number of aryl methyl sites for hydroxylation is 1. The van der Waals surface area contributed by atoms with E-state index in [9.17, 15) is 10.1 Å². The molecule has 0 radical (unpaired) electrons. The third kappa shape index (κ3) is 4.42. The summed E-state index contributed by atoms with van der Waals surface area (Å²) in [5.41, 5.74) is 2.01. The second-order valence-corrected chi connectivity index (χ2v) is 5.96. The van der Waals surface area contributed by atoms with Crippen LogP contribution in [0.4, 0.5) is 11.4 Å². The largest absolute Gasteiger partial charge is 0.383 e. The SMILES string of the molecule is Cc1ccsc1CNCCNc1ccc([N+](=O)[O-])cc1Cl. The molecule has 0 saturated heterocycles. The summed E-state index contributed by atoms with van der Waals surface area (Å²) in [5.74, 6) is 0. The minimum absolute atomic E-state index is 0.00292. The van der Waals surface area contributed by atoms with Gasteiger partial charge in [0.15, 0.2) is 0 Å². The number of hydrogen-bond acceptors (Lipinski definition) is 5. The number of non-ortho nitro benzene ring substituents is 1. The van der Waals surface area contributed by atoms with Crippen LogP contribution in [0.1, 0.15) is 10.4 Å². The molecule has 2 aromatic rings. The Morgan fingerprint density at radius 1 is 1.33 bits per heavy atom. The van der Waals surface area contributed by atoms with Crippen LogP contribution in [-0.2, 0) is 6.54 Å². The molecule has 0 spiro atoms. The van der Waals surface area contributed by atoms with Gasteiger partial charge < -0.3 is 10.6 Å². The highest BCUT2D eigenvalue weighted by Crippen LogP contribution is 2.26. The van der Waals surface area contributed by atoms with E-state index in [0.717, 1.165) is 13.1 Å². The first kappa shape index (κ1) is 15.8. The molecule has 1 aromatic heterocycles. The first-order chi connectivity index (χ1) is 10.1. The highest BCUT2D eigenvalue weighted by atomic mass is 35.5. The molecule has 2 N–H and O–H groups in total. The van der Waals surface area contributed by atoms with Crippen molar-refractivity contribution in [3.05, 3.63) is 55.2 Å². The van der Waals surface area contributed by atoms with Crippen molar-refractivity contribution < 1.29 is 4.92 Å². The van der Waals surface area contributed by atoms with Gasteiger partial charge in [-0.2, -0.15) is 0 Å². The number of nitro benzene ring substituents is 1. The van der Waals surface area contributed by atoms with Crippen molar-refractivity contribution in [1.29, 1.82) is 0 Å². The summed E-state index contributed by atoms with van der Waals surface area (Å²) >= 11 is 7.75. The molecule has 2 rings (SSSR count). The van der Waals surface area contributed by atoms with E-state index in [1.807, 2.05) is 0 Å². The van der Waals surface area contributed by atoms with Crippen LogP contribution in [0.15, 0.2) is 29.6 Å². The third-order valence-electron chi connectivity index (χ3n) is 3.03. The van der Waals surface area contributed by atoms with Gasteiger partial charge in [-0.3, -0.25) is 10.1 Å². The average molecular weight is 326 g/mol. The smallest absolute Gasteiger partial charge is 0.271 e. The lowest BCUT2D eigenvalue weighted by Gasteiger charge is -2.09. The van der Waals surface area contributed by atoms with Gasteiger partial charge in [0, 0.05) is 36.6 Å². The first-order valence-corrected chi connectivity index (χ1v) is 7.75. The van der Waals surface area contributed by atoms with Gasteiger partial charge in [-0.05, 0) is 30.0 Å². The summed E-state index contributed by atoms with van der Waals surface area (Å²) < 4.78 is 0. The van der Waals surface area contributed by atoms with Gasteiger partial charge >= 0.3 is 0 Å². The zero-order valence-corrected chi connectivity index (χ0v) is 13.1. The molecule has 21 heavy (non-hydrogen) atoms. The average Bonchev–Trinajstić information content (AvgIpc) is 2.85. The lowest BCUT2D eigenvalue weighted by molar-refractivity contribution is -0.384. The quantitative estimate of drug-likeness (QED) is 0.461. The minimum Gasteiger partial charge on any atom is -0.383 e. The van der Waals surface area contributed by atoms with Crippen molar-refractivity contribution in [3.8, 4) is 0 Å². The summed E-state index contributed by atoms with van der Waals surface area (Å²) in [6.07, 6.45) is 0. The van der Waals surface area contributed by atoms with E-state index >= 15 is 0 Å². The third-order valence-corrected chi connectivity index (χ3v) is 4.37. The van der Waals surface area contributed by atoms with Crippen LogP contribution in [0.3, 0.4) is 0 Å². The maximum Gasteiger partial charge on any atom is 0.271 e. The van der Waals surface area contributed by atoms with Crippen LogP contribution in [0.5, 0.6) is 0 Å². The van der Waals surface area contributed by atoms with Crippen molar-refractivity contribution in [2.75, 3.05) is 18.4 Å². The molecule has 0 bridgehead atoms. The molecule has 7 heteroatoms. The van der Waals surface area contributed by atoms with Crippen molar-refractivity contribution in [2.45, 2.75) is 13.5 Å². The Labute approximate surface area is 132 Å². The van der Waals surface area contributed by atoms with Crippen molar-refractivity contribution in [1.82, 2.24) is 5.32 Å². The van der Waals surface area contributed by atoms with Crippen molar-refractivity contribution in [3.63, 3.8) is 0 Å². The predicted octanol–water partition coefficient (Wildman–Crippen LogP) is 3.82. The standard InChI is InChI=1S/C14H16ClN3O2S/c1-10-4-7-21-14(10)9-16-5-6-17-13-3-2-11(18(19)20)8-12(13)15/h2-4,7-8,16-17H,5-6,9H2,1H3. The number of benzene rings is 1. The fraction of sp³-hybridized carbons (Fsp3) is 0.286. The first-order valence-electron chi connectivity index (χ1n) is 6.49. The van der Waals surface area contributed by atoms with E-state index in [0.29, 0.717) is 17.3 Å². The van der Waals surface area contributed by atoms with Crippen LogP contribution in [-0.4, -0.2) is 18.0 Å². The van der Waals surface area contributed by atoms with E-state index in [-0.39, 0.29) is 5.69 Å². The molecule has 0 unspecified atom stereocenters. The summed E-state index contributed by atoms with van der Waals surface area (Å²) in [7, 11) is 0. The lowest BCUT2D eigenvalue weighted by Crippen LogP contribution is -2.21. The molecule has 1 heterocycles. The summed E-state index contributed by atoms with van der Waals surface area (Å²) in [5, 5.41) is 19.6. The highest BCUT2D eigenvalue weighted by Gasteiger charge is 2.08. The maximum absolute atomic E-state index is 10.6. The summed E-state index contributed by atoms with van der Waals surface area (Å²) in [6.45, 7) is 4.42. The van der Waals surface area contributed by atoms with Crippen LogP contribution < -0.4 is 10.6 Å². The van der Waals surface area contributed by atoms with E-state index < -0.39 is 4.92 Å². The number of anilines is 1. The Kier molecular flexibility index (Phi) is 5.55. The van der Waals surface area contributed by atoms with Crippen molar-refractivity contribution >= 4 is 34.3 Å². The predicted molar refractivity (Wildman–Crippen MR) is 87.4 cm³/mol. The highest BCUT2D eigenvalue weighted by molar-refractivity contribution is 7.10. The molecule has 5 nitrogen and oxygen atoms in total. The molecule has 1 aromatic carbocycles. The van der Waals surface area contributed by atoms with Crippen LogP contribution in [0.25, 0.3) is 0 Å². The second-order valence-electron chi connectivity index (χ2n) is 4.55. The molecule has 0 aliphatic heterocycles. The molecule has 0 amide bonds. The van der Waals surface area contributed by atoms with Crippen LogP contribution in [0, 0.1) is 17.0 Å². The van der Waals surface area contributed by atoms with E-state index in [4.69, 9.17) is 11.6 Å². The topological polar surface area (TPSA) is 67.2 Å². The maximum atomic E-state index is 10.6. The number of hydrogen-bond donors (Lipinski definition) is 2. The number of nitrogens with zero attached hydrogens (tertiary/aromatic N) is 1. The zero-order valence-electron chi connectivity index (χ0n) is 11.6. The molecule has 0 saturated carbocycles. The minimum atomic E-state index is -0.458. The van der Waals surface area contributed by atoms with Crippen LogP contribution in [0.2, 0.25) is 5.02 Å². The Morgan fingerprint density at radius 3 is 2.76 bits per heavy atom. The van der Waals surface area contributed by atoms with Gasteiger partial charge in [0.05, 0.1) is 15.6 Å². The second kappa shape index (κ2) is 7.40. The van der Waals surface area contributed by atoms with E-state index in [1.54, 1.807) is 17.4 Å². The molecule has 0 fully saturated rings.